The molecule has 0 heterocycles. The van der Waals surface area contributed by atoms with Crippen LogP contribution < -0.4 is 0 Å². The van der Waals surface area contributed by atoms with Crippen molar-refractivity contribution >= 4 is 8.03 Å². The Hall–Kier alpha value is -2.32. The van der Waals surface area contributed by atoms with E-state index in [1.807, 2.05) is 12.1 Å². The molecule has 0 spiro atoms. The van der Waals surface area contributed by atoms with Gasteiger partial charge in [0, 0.05) is 5.56 Å². The molecule has 0 aliphatic heterocycles. The first-order chi connectivity index (χ1) is 11.2. The highest BCUT2D eigenvalue weighted by molar-refractivity contribution is 7.38. The predicted octanol–water partition coefficient (Wildman–Crippen LogP) is 4.77. The van der Waals surface area contributed by atoms with Crippen LogP contribution in [-0.4, -0.2) is 10.00 Å². The molecule has 23 heavy (non-hydrogen) atoms. The van der Waals surface area contributed by atoms with Crippen molar-refractivity contribution in [2.45, 2.75) is 5.85 Å². The zero-order chi connectivity index (χ0) is 16.5. The van der Waals surface area contributed by atoms with E-state index in [0.29, 0.717) is 5.56 Å². The quantitative estimate of drug-likeness (QED) is 0.682. The topological polar surface area (TPSA) is 57.5 Å². The van der Waals surface area contributed by atoms with Crippen LogP contribution in [0.5, 0.6) is 0 Å². The number of aliphatic hydroxyl groups excluding tert-OH is 1. The van der Waals surface area contributed by atoms with Gasteiger partial charge >= 0.3 is 13.9 Å². The standard InChI is InChI=1S/C12H10.C7H7O3P/c1-3-7-11(8-4-1)12-9-5-2-6-10-12;8-7(11(9)10)6-4-2-1-3-5-6/h1-10H;1-5,7-8H/p+1. The number of aliphatic hydroxyl groups is 1. The third-order valence-electron chi connectivity index (χ3n) is 3.19. The van der Waals surface area contributed by atoms with Gasteiger partial charge in [0.2, 0.25) is 0 Å². The molecule has 2 unspecified atom stereocenters. The van der Waals surface area contributed by atoms with Gasteiger partial charge in [-0.15, -0.1) is 0 Å². The Morgan fingerprint density at radius 3 is 1.35 bits per heavy atom. The minimum Gasteiger partial charge on any atom is -0.345 e. The first-order valence-corrected chi connectivity index (χ1v) is 8.45. The van der Waals surface area contributed by atoms with E-state index in [0.717, 1.165) is 0 Å². The highest BCUT2D eigenvalue weighted by atomic mass is 31.1. The SMILES string of the molecule is O=[P+](O)C(O)c1ccccc1.c1ccc(-c2ccccc2)cc1. The summed E-state index contributed by atoms with van der Waals surface area (Å²) in [7, 11) is -2.53. The molecule has 0 fully saturated rings. The van der Waals surface area contributed by atoms with Gasteiger partial charge < -0.3 is 5.11 Å². The molecule has 0 aliphatic rings. The van der Waals surface area contributed by atoms with Crippen molar-refractivity contribution in [2.24, 2.45) is 0 Å². The molecule has 0 aromatic heterocycles. The van der Waals surface area contributed by atoms with E-state index in [-0.39, 0.29) is 0 Å². The average molecular weight is 325 g/mol. The molecule has 3 nitrogen and oxygen atoms in total. The summed E-state index contributed by atoms with van der Waals surface area (Å²) in [4.78, 5) is 8.53. The molecular weight excluding hydrogens is 307 g/mol. The van der Waals surface area contributed by atoms with Gasteiger partial charge in [-0.2, -0.15) is 4.89 Å². The highest BCUT2D eigenvalue weighted by Crippen LogP contribution is 2.34. The molecule has 2 N–H and O–H groups in total. The zero-order valence-corrected chi connectivity index (χ0v) is 13.4. The highest BCUT2D eigenvalue weighted by Gasteiger charge is 2.27. The number of hydrogen-bond acceptors (Lipinski definition) is 2. The molecule has 0 aliphatic carbocycles. The Morgan fingerprint density at radius 1 is 0.652 bits per heavy atom. The van der Waals surface area contributed by atoms with Gasteiger partial charge in [0.05, 0.1) is 0 Å². The molecule has 0 radical (unpaired) electrons. The smallest absolute Gasteiger partial charge is 0.345 e. The van der Waals surface area contributed by atoms with E-state index < -0.39 is 13.9 Å². The number of benzene rings is 3. The van der Waals surface area contributed by atoms with Gasteiger partial charge in [0.25, 0.3) is 0 Å². The van der Waals surface area contributed by atoms with Gasteiger partial charge in [-0.1, -0.05) is 91.0 Å². The summed E-state index contributed by atoms with van der Waals surface area (Å²) in [5.41, 5.74) is 3.02. The van der Waals surface area contributed by atoms with Crippen LogP contribution in [0.2, 0.25) is 0 Å². The summed E-state index contributed by atoms with van der Waals surface area (Å²) in [6.07, 6.45) is 0. The molecule has 3 aromatic rings. The number of hydrogen-bond donors (Lipinski definition) is 2. The van der Waals surface area contributed by atoms with Gasteiger partial charge in [0.1, 0.15) is 0 Å². The third kappa shape index (κ3) is 5.42. The summed E-state index contributed by atoms with van der Waals surface area (Å²) in [6.45, 7) is 0. The molecule has 2 atom stereocenters. The second-order valence-corrected chi connectivity index (χ2v) is 5.91. The van der Waals surface area contributed by atoms with E-state index in [9.17, 15) is 4.57 Å². The lowest BCUT2D eigenvalue weighted by Gasteiger charge is -1.98. The Morgan fingerprint density at radius 2 is 1.00 bits per heavy atom. The van der Waals surface area contributed by atoms with E-state index in [2.05, 4.69) is 48.5 Å². The fourth-order valence-electron chi connectivity index (χ4n) is 2.01. The van der Waals surface area contributed by atoms with Crippen molar-refractivity contribution in [1.82, 2.24) is 0 Å². The zero-order valence-electron chi connectivity index (χ0n) is 12.5. The third-order valence-corrected chi connectivity index (χ3v) is 3.90. The van der Waals surface area contributed by atoms with Crippen LogP contribution in [-0.2, 0) is 4.57 Å². The van der Waals surface area contributed by atoms with Crippen LogP contribution in [0.1, 0.15) is 11.4 Å². The van der Waals surface area contributed by atoms with Crippen molar-refractivity contribution in [2.75, 3.05) is 0 Å². The monoisotopic (exact) mass is 325 g/mol. The van der Waals surface area contributed by atoms with Crippen LogP contribution in [0.4, 0.5) is 0 Å². The predicted molar refractivity (Wildman–Crippen MR) is 93.1 cm³/mol. The van der Waals surface area contributed by atoms with Crippen LogP contribution in [0.15, 0.2) is 91.0 Å². The first-order valence-electron chi connectivity index (χ1n) is 7.17. The molecular formula is C19H18O3P+. The maximum atomic E-state index is 10.4. The molecule has 0 saturated heterocycles. The lowest BCUT2D eigenvalue weighted by atomic mass is 10.1. The Kier molecular flexibility index (Phi) is 6.64. The number of rotatable bonds is 3. The van der Waals surface area contributed by atoms with Crippen molar-refractivity contribution in [1.29, 1.82) is 0 Å². The van der Waals surface area contributed by atoms with Gasteiger partial charge in [-0.05, 0) is 15.7 Å². The summed E-state index contributed by atoms with van der Waals surface area (Å²) in [5, 5.41) is 9.06. The maximum Gasteiger partial charge on any atom is 0.542 e. The van der Waals surface area contributed by atoms with Gasteiger partial charge in [-0.3, -0.25) is 0 Å². The van der Waals surface area contributed by atoms with Crippen molar-refractivity contribution < 1.29 is 14.6 Å². The Labute approximate surface area is 136 Å². The van der Waals surface area contributed by atoms with E-state index in [1.54, 1.807) is 30.3 Å². The molecule has 0 amide bonds. The first kappa shape index (κ1) is 17.0. The lowest BCUT2D eigenvalue weighted by Crippen LogP contribution is -1.89. The van der Waals surface area contributed by atoms with Crippen molar-refractivity contribution in [3.05, 3.63) is 96.6 Å². The molecule has 0 bridgehead atoms. The van der Waals surface area contributed by atoms with Crippen LogP contribution in [0.25, 0.3) is 11.1 Å². The minimum absolute atomic E-state index is 0.469. The van der Waals surface area contributed by atoms with Gasteiger partial charge in [0.15, 0.2) is 0 Å². The lowest BCUT2D eigenvalue weighted by molar-refractivity contribution is 0.243. The van der Waals surface area contributed by atoms with Crippen LogP contribution in [0, 0.1) is 0 Å². The normalized spacial score (nSPS) is 11.8. The fourth-order valence-corrected chi connectivity index (χ4v) is 2.44. The van der Waals surface area contributed by atoms with E-state index in [4.69, 9.17) is 10.00 Å². The molecule has 3 aromatic carbocycles. The summed E-state index contributed by atoms with van der Waals surface area (Å²) in [5.74, 6) is -1.26. The van der Waals surface area contributed by atoms with Crippen LogP contribution >= 0.6 is 8.03 Å². The van der Waals surface area contributed by atoms with Crippen molar-refractivity contribution in [3.8, 4) is 11.1 Å². The largest absolute Gasteiger partial charge is 0.542 e. The second-order valence-electron chi connectivity index (χ2n) is 4.82. The van der Waals surface area contributed by atoms with Gasteiger partial charge in [-0.25, -0.2) is 0 Å². The van der Waals surface area contributed by atoms with E-state index in [1.165, 1.54) is 11.1 Å². The second kappa shape index (κ2) is 8.96. The molecule has 3 rings (SSSR count). The summed E-state index contributed by atoms with van der Waals surface area (Å²) in [6, 6.07) is 29.2. The molecule has 0 saturated carbocycles. The van der Waals surface area contributed by atoms with Crippen molar-refractivity contribution in [3.63, 3.8) is 0 Å². The molecule has 4 heteroatoms. The fraction of sp³-hybridized carbons (Fsp3) is 0.0526. The summed E-state index contributed by atoms with van der Waals surface area (Å²) >= 11 is 0. The van der Waals surface area contributed by atoms with Crippen LogP contribution in [0.3, 0.4) is 0 Å². The maximum absolute atomic E-state index is 10.4. The average Bonchev–Trinajstić information content (AvgIpc) is 2.64. The van der Waals surface area contributed by atoms with E-state index >= 15 is 0 Å². The Balaban J connectivity index is 0.000000168. The summed E-state index contributed by atoms with van der Waals surface area (Å²) < 4.78 is 10.4. The Bertz CT molecular complexity index is 678. The minimum atomic E-state index is -2.53. The molecule has 116 valence electrons.